The molecule has 1 aromatic heterocycles. The van der Waals surface area contributed by atoms with Gasteiger partial charge in [0, 0.05) is 15.9 Å². The minimum absolute atomic E-state index is 0.147. The average molecular weight is 467 g/mol. The molecular weight excluding hydrogens is 456 g/mol. The summed E-state index contributed by atoms with van der Waals surface area (Å²) in [7, 11) is 0. The van der Waals surface area contributed by atoms with Crippen LogP contribution < -0.4 is 5.56 Å². The summed E-state index contributed by atoms with van der Waals surface area (Å²) < 4.78 is 1.80. The fraction of sp³-hybridized carbons (Fsp3) is 0. The van der Waals surface area contributed by atoms with Crippen LogP contribution in [-0.4, -0.2) is 19.6 Å². The number of rotatable bonds is 4. The summed E-state index contributed by atoms with van der Waals surface area (Å²) >= 11 is 3.38. The van der Waals surface area contributed by atoms with Crippen molar-refractivity contribution in [2.24, 2.45) is 0 Å². The van der Waals surface area contributed by atoms with Crippen LogP contribution in [0.1, 0.15) is 0 Å². The van der Waals surface area contributed by atoms with E-state index in [9.17, 15) is 25.0 Å². The van der Waals surface area contributed by atoms with Gasteiger partial charge in [0.15, 0.2) is 0 Å². The molecule has 10 heteroatoms. The fourth-order valence-electron chi connectivity index (χ4n) is 3.18. The molecular formula is C20H11BrN4O5. The second-order valence-corrected chi connectivity index (χ2v) is 7.24. The van der Waals surface area contributed by atoms with Crippen LogP contribution in [0.15, 0.2) is 76.1 Å². The van der Waals surface area contributed by atoms with Crippen molar-refractivity contribution in [1.82, 2.24) is 9.78 Å². The molecule has 30 heavy (non-hydrogen) atoms. The maximum Gasteiger partial charge on any atom is 0.301 e. The highest BCUT2D eigenvalue weighted by Crippen LogP contribution is 2.30. The van der Waals surface area contributed by atoms with Crippen LogP contribution in [-0.2, 0) is 0 Å². The predicted octanol–water partition coefficient (Wildman–Crippen LogP) is 4.63. The van der Waals surface area contributed by atoms with E-state index in [1.165, 1.54) is 6.20 Å². The highest BCUT2D eigenvalue weighted by atomic mass is 79.9. The van der Waals surface area contributed by atoms with Crippen LogP contribution in [0.25, 0.3) is 27.6 Å². The van der Waals surface area contributed by atoms with Crippen LogP contribution in [0.4, 0.5) is 11.4 Å². The van der Waals surface area contributed by atoms with Crippen LogP contribution in [0.3, 0.4) is 0 Å². The Bertz CT molecular complexity index is 1380. The zero-order valence-electron chi connectivity index (χ0n) is 15.1. The molecule has 0 saturated carbocycles. The number of non-ortho nitro benzene ring substituents is 1. The van der Waals surface area contributed by atoms with E-state index in [0.29, 0.717) is 10.8 Å². The molecule has 0 fully saturated rings. The summed E-state index contributed by atoms with van der Waals surface area (Å²) in [6, 6.07) is 15.8. The third-order valence-corrected chi connectivity index (χ3v) is 5.11. The van der Waals surface area contributed by atoms with E-state index in [-0.39, 0.29) is 5.69 Å². The minimum atomic E-state index is -0.779. The minimum Gasteiger partial charge on any atom is -0.267 e. The van der Waals surface area contributed by atoms with E-state index in [1.54, 1.807) is 12.1 Å². The summed E-state index contributed by atoms with van der Waals surface area (Å²) in [5.74, 6) is 0. The van der Waals surface area contributed by atoms with Crippen molar-refractivity contribution < 1.29 is 9.85 Å². The van der Waals surface area contributed by atoms with Crippen molar-refractivity contribution in [2.75, 3.05) is 0 Å². The molecule has 0 spiro atoms. The second kappa shape index (κ2) is 7.48. The maximum absolute atomic E-state index is 13.1. The van der Waals surface area contributed by atoms with Gasteiger partial charge in [-0.3, -0.25) is 25.0 Å². The zero-order chi connectivity index (χ0) is 21.4. The number of aromatic nitrogens is 2. The van der Waals surface area contributed by atoms with E-state index in [1.807, 2.05) is 30.3 Å². The zero-order valence-corrected chi connectivity index (χ0v) is 16.6. The molecule has 0 aliphatic rings. The average Bonchev–Trinajstić information content (AvgIpc) is 2.74. The Morgan fingerprint density at radius 3 is 2.30 bits per heavy atom. The summed E-state index contributed by atoms with van der Waals surface area (Å²) in [5, 5.41) is 27.4. The first-order valence-electron chi connectivity index (χ1n) is 8.57. The smallest absolute Gasteiger partial charge is 0.267 e. The first kappa shape index (κ1) is 19.4. The maximum atomic E-state index is 13.1. The molecule has 0 unspecified atom stereocenters. The van der Waals surface area contributed by atoms with E-state index < -0.39 is 26.8 Å². The summed E-state index contributed by atoms with van der Waals surface area (Å²) in [6.07, 6.45) is 1.46. The van der Waals surface area contributed by atoms with Gasteiger partial charge < -0.3 is 0 Å². The van der Waals surface area contributed by atoms with Gasteiger partial charge in [-0.05, 0) is 35.4 Å². The second-order valence-electron chi connectivity index (χ2n) is 6.32. The van der Waals surface area contributed by atoms with E-state index in [4.69, 9.17) is 0 Å². The quantitative estimate of drug-likeness (QED) is 0.319. The number of nitro groups is 2. The Labute approximate surface area is 176 Å². The molecule has 9 nitrogen and oxygen atoms in total. The van der Waals surface area contributed by atoms with Gasteiger partial charge in [0.1, 0.15) is 5.69 Å². The molecule has 0 aliphatic carbocycles. The Hall–Kier alpha value is -3.92. The van der Waals surface area contributed by atoms with E-state index >= 15 is 0 Å². The number of hydrogen-bond donors (Lipinski definition) is 0. The molecule has 0 atom stereocenters. The van der Waals surface area contributed by atoms with Crippen LogP contribution >= 0.6 is 15.9 Å². The first-order valence-corrected chi connectivity index (χ1v) is 9.36. The highest BCUT2D eigenvalue weighted by Gasteiger charge is 2.23. The highest BCUT2D eigenvalue weighted by molar-refractivity contribution is 9.10. The molecule has 4 aromatic rings. The van der Waals surface area contributed by atoms with Gasteiger partial charge in [-0.25, -0.2) is 0 Å². The summed E-state index contributed by atoms with van der Waals surface area (Å²) in [6.45, 7) is 0. The van der Waals surface area contributed by atoms with E-state index in [2.05, 4.69) is 21.0 Å². The van der Waals surface area contributed by atoms with Gasteiger partial charge >= 0.3 is 5.69 Å². The Morgan fingerprint density at radius 1 is 0.900 bits per heavy atom. The van der Waals surface area contributed by atoms with Gasteiger partial charge in [-0.1, -0.05) is 40.2 Å². The molecule has 1 heterocycles. The molecule has 0 saturated heterocycles. The van der Waals surface area contributed by atoms with Crippen molar-refractivity contribution >= 4 is 38.1 Å². The lowest BCUT2D eigenvalue weighted by atomic mass is 10.0. The SMILES string of the molecule is O=c1c2cccc(-c3ccc(Br)cc3)c2cnn1-c1ccc([N+](=O)[O-])cc1[N+](=O)[O-]. The van der Waals surface area contributed by atoms with Gasteiger partial charge in [0.2, 0.25) is 0 Å². The molecule has 0 amide bonds. The van der Waals surface area contributed by atoms with Gasteiger partial charge in [-0.2, -0.15) is 9.78 Å². The number of fused-ring (bicyclic) bond motifs is 1. The number of nitro benzene ring substituents is 2. The molecule has 0 N–H and O–H groups in total. The molecule has 3 aromatic carbocycles. The summed E-state index contributed by atoms with van der Waals surface area (Å²) in [4.78, 5) is 34.0. The summed E-state index contributed by atoms with van der Waals surface area (Å²) in [5.41, 5.74) is -0.0759. The Morgan fingerprint density at radius 2 is 1.63 bits per heavy atom. The van der Waals surface area contributed by atoms with Crippen molar-refractivity contribution in [1.29, 1.82) is 0 Å². The molecule has 4 rings (SSSR count). The van der Waals surface area contributed by atoms with Crippen molar-refractivity contribution in [3.05, 3.63) is 102 Å². The normalized spacial score (nSPS) is 10.8. The molecule has 0 radical (unpaired) electrons. The lowest BCUT2D eigenvalue weighted by Crippen LogP contribution is -2.22. The topological polar surface area (TPSA) is 121 Å². The Balaban J connectivity index is 1.94. The lowest BCUT2D eigenvalue weighted by molar-refractivity contribution is -0.394. The lowest BCUT2D eigenvalue weighted by Gasteiger charge is -2.10. The van der Waals surface area contributed by atoms with Crippen LogP contribution in [0.2, 0.25) is 0 Å². The molecule has 0 bridgehead atoms. The first-order chi connectivity index (χ1) is 14.4. The number of benzene rings is 3. The number of halogens is 1. The van der Waals surface area contributed by atoms with Gasteiger partial charge in [0.05, 0.1) is 27.5 Å². The standard InChI is InChI=1S/C20H11BrN4O5/c21-13-6-4-12(5-7-13)15-2-1-3-16-17(15)11-22-23(20(16)26)18-9-8-14(24(27)28)10-19(18)25(29)30/h1-11H. The molecule has 0 aliphatic heterocycles. The van der Waals surface area contributed by atoms with Crippen molar-refractivity contribution in [3.63, 3.8) is 0 Å². The van der Waals surface area contributed by atoms with Crippen LogP contribution in [0, 0.1) is 20.2 Å². The number of hydrogen-bond acceptors (Lipinski definition) is 6. The third-order valence-electron chi connectivity index (χ3n) is 4.58. The van der Waals surface area contributed by atoms with Gasteiger partial charge in [-0.15, -0.1) is 0 Å². The number of nitrogens with zero attached hydrogens (tertiary/aromatic N) is 4. The van der Waals surface area contributed by atoms with E-state index in [0.717, 1.165) is 38.5 Å². The third kappa shape index (κ3) is 3.33. The predicted molar refractivity (Wildman–Crippen MR) is 114 cm³/mol. The van der Waals surface area contributed by atoms with Crippen molar-refractivity contribution in [3.8, 4) is 16.8 Å². The monoisotopic (exact) mass is 466 g/mol. The van der Waals surface area contributed by atoms with Gasteiger partial charge in [0.25, 0.3) is 11.2 Å². The molecule has 148 valence electrons. The largest absolute Gasteiger partial charge is 0.301 e. The van der Waals surface area contributed by atoms with Crippen molar-refractivity contribution in [2.45, 2.75) is 0 Å². The fourth-order valence-corrected chi connectivity index (χ4v) is 3.44. The Kier molecular flexibility index (Phi) is 4.84. The van der Waals surface area contributed by atoms with Crippen LogP contribution in [0.5, 0.6) is 0 Å².